The molecule has 1 aromatic carbocycles. The number of nitrogens with one attached hydrogen (secondary N) is 1. The number of nitrogens with zero attached hydrogens (tertiary/aromatic N) is 2. The van der Waals surface area contributed by atoms with Crippen molar-refractivity contribution >= 4 is 17.2 Å². The van der Waals surface area contributed by atoms with Crippen molar-refractivity contribution < 1.29 is 18.7 Å². The molecule has 124 valence electrons. The van der Waals surface area contributed by atoms with Gasteiger partial charge in [-0.15, -0.1) is 21.5 Å². The molecule has 0 spiro atoms. The predicted octanol–water partition coefficient (Wildman–Crippen LogP) is 2.75. The lowest BCUT2D eigenvalue weighted by Gasteiger charge is -2.08. The van der Waals surface area contributed by atoms with Crippen LogP contribution in [0.5, 0.6) is 11.5 Å². The van der Waals surface area contributed by atoms with Crippen LogP contribution in [0.3, 0.4) is 0 Å². The van der Waals surface area contributed by atoms with Crippen molar-refractivity contribution in [3.8, 4) is 22.3 Å². The third-order valence-electron chi connectivity index (χ3n) is 3.21. The Hall–Kier alpha value is -2.87. The molecule has 0 fully saturated rings. The molecule has 1 amide bonds. The molecule has 24 heavy (non-hydrogen) atoms. The van der Waals surface area contributed by atoms with E-state index < -0.39 is 0 Å². The molecule has 0 aliphatic carbocycles. The molecule has 3 rings (SSSR count). The van der Waals surface area contributed by atoms with Gasteiger partial charge in [0.2, 0.25) is 5.89 Å². The maximum atomic E-state index is 12.3. The standard InChI is InChI=1S/C16H15N3O4S/c1-21-11-6-10(7-12(8-11)22-2)15(20)17-9-14-18-19-16(23-14)13-4-3-5-24-13/h3-8H,9H2,1-2H3,(H,17,20). The van der Waals surface area contributed by atoms with E-state index in [1.807, 2.05) is 17.5 Å². The molecule has 0 aliphatic rings. The molecule has 0 aliphatic heterocycles. The number of hydrogen-bond donors (Lipinski definition) is 1. The zero-order chi connectivity index (χ0) is 16.9. The van der Waals surface area contributed by atoms with Gasteiger partial charge < -0.3 is 19.2 Å². The molecule has 2 heterocycles. The monoisotopic (exact) mass is 345 g/mol. The molecule has 7 nitrogen and oxygen atoms in total. The summed E-state index contributed by atoms with van der Waals surface area (Å²) in [6, 6.07) is 8.75. The Morgan fingerprint density at radius 1 is 1.21 bits per heavy atom. The van der Waals surface area contributed by atoms with Crippen LogP contribution in [0.4, 0.5) is 0 Å². The Balaban J connectivity index is 1.67. The highest BCUT2D eigenvalue weighted by atomic mass is 32.1. The van der Waals surface area contributed by atoms with Crippen molar-refractivity contribution in [2.75, 3.05) is 14.2 Å². The summed E-state index contributed by atoms with van der Waals surface area (Å²) in [4.78, 5) is 13.2. The Morgan fingerprint density at radius 2 is 1.96 bits per heavy atom. The molecule has 1 N–H and O–H groups in total. The van der Waals surface area contributed by atoms with Gasteiger partial charge in [-0.2, -0.15) is 0 Å². The third-order valence-corrected chi connectivity index (χ3v) is 4.07. The van der Waals surface area contributed by atoms with Crippen LogP contribution in [0, 0.1) is 0 Å². The SMILES string of the molecule is COc1cc(OC)cc(C(=O)NCc2nnc(-c3cccs3)o2)c1. The maximum absolute atomic E-state index is 12.3. The number of ether oxygens (including phenoxy) is 2. The van der Waals surface area contributed by atoms with Gasteiger partial charge in [0.15, 0.2) is 0 Å². The van der Waals surface area contributed by atoms with E-state index in [0.29, 0.717) is 28.8 Å². The minimum Gasteiger partial charge on any atom is -0.497 e. The van der Waals surface area contributed by atoms with Gasteiger partial charge in [-0.3, -0.25) is 4.79 Å². The van der Waals surface area contributed by atoms with Crippen molar-refractivity contribution in [3.05, 3.63) is 47.2 Å². The van der Waals surface area contributed by atoms with Gasteiger partial charge in [-0.25, -0.2) is 0 Å². The van der Waals surface area contributed by atoms with E-state index in [1.54, 1.807) is 18.2 Å². The third kappa shape index (κ3) is 3.54. The number of thiophene rings is 1. The Morgan fingerprint density at radius 3 is 2.58 bits per heavy atom. The molecule has 8 heteroatoms. The first-order valence-corrected chi connectivity index (χ1v) is 7.95. The minimum absolute atomic E-state index is 0.136. The summed E-state index contributed by atoms with van der Waals surface area (Å²) in [5, 5.41) is 12.6. The number of aromatic nitrogens is 2. The fourth-order valence-corrected chi connectivity index (χ4v) is 2.67. The van der Waals surface area contributed by atoms with Crippen LogP contribution in [0.15, 0.2) is 40.1 Å². The number of hydrogen-bond acceptors (Lipinski definition) is 7. The Bertz CT molecular complexity index is 807. The first kappa shape index (κ1) is 16.0. The van der Waals surface area contributed by atoms with Gasteiger partial charge in [-0.05, 0) is 23.6 Å². The highest BCUT2D eigenvalue weighted by molar-refractivity contribution is 7.13. The fraction of sp³-hybridized carbons (Fsp3) is 0.188. The second kappa shape index (κ2) is 7.14. The van der Waals surface area contributed by atoms with Crippen LogP contribution >= 0.6 is 11.3 Å². The molecule has 0 saturated carbocycles. The van der Waals surface area contributed by atoms with Gasteiger partial charge in [0.05, 0.1) is 25.6 Å². The van der Waals surface area contributed by atoms with Crippen LogP contribution < -0.4 is 14.8 Å². The topological polar surface area (TPSA) is 86.5 Å². The Kier molecular flexibility index (Phi) is 4.76. The van der Waals surface area contributed by atoms with E-state index >= 15 is 0 Å². The van der Waals surface area contributed by atoms with Crippen molar-refractivity contribution in [1.82, 2.24) is 15.5 Å². The number of methoxy groups -OCH3 is 2. The van der Waals surface area contributed by atoms with Crippen LogP contribution in [0.2, 0.25) is 0 Å². The second-order valence-corrected chi connectivity index (χ2v) is 5.71. The molecule has 0 radical (unpaired) electrons. The van der Waals surface area contributed by atoms with Crippen LogP contribution in [0.1, 0.15) is 16.2 Å². The van der Waals surface area contributed by atoms with Crippen LogP contribution in [-0.4, -0.2) is 30.3 Å². The number of rotatable bonds is 6. The average molecular weight is 345 g/mol. The fourth-order valence-electron chi connectivity index (χ4n) is 2.02. The van der Waals surface area contributed by atoms with Crippen LogP contribution in [-0.2, 0) is 6.54 Å². The molecular weight excluding hydrogens is 330 g/mol. The Labute approximate surface area is 142 Å². The number of benzene rings is 1. The summed E-state index contributed by atoms with van der Waals surface area (Å²) in [5.74, 6) is 1.57. The molecular formula is C16H15N3O4S. The summed E-state index contributed by atoms with van der Waals surface area (Å²) >= 11 is 1.51. The van der Waals surface area contributed by atoms with E-state index in [-0.39, 0.29) is 12.5 Å². The van der Waals surface area contributed by atoms with Gasteiger partial charge in [0.25, 0.3) is 11.8 Å². The summed E-state index contributed by atoms with van der Waals surface area (Å²) in [6.07, 6.45) is 0. The second-order valence-electron chi connectivity index (χ2n) is 4.76. The first-order valence-electron chi connectivity index (χ1n) is 7.07. The summed E-state index contributed by atoms with van der Waals surface area (Å²) in [6.45, 7) is 0.136. The lowest BCUT2D eigenvalue weighted by molar-refractivity contribution is 0.0946. The predicted molar refractivity (Wildman–Crippen MR) is 88.3 cm³/mol. The quantitative estimate of drug-likeness (QED) is 0.739. The molecule has 0 atom stereocenters. The molecule has 2 aromatic heterocycles. The number of amides is 1. The summed E-state index contributed by atoms with van der Waals surface area (Å²) in [5.41, 5.74) is 0.421. The first-order chi connectivity index (χ1) is 11.7. The van der Waals surface area contributed by atoms with E-state index in [9.17, 15) is 4.79 Å². The van der Waals surface area contributed by atoms with Gasteiger partial charge in [0, 0.05) is 11.6 Å². The normalized spacial score (nSPS) is 10.4. The zero-order valence-corrected chi connectivity index (χ0v) is 13.9. The summed E-state index contributed by atoms with van der Waals surface area (Å²) < 4.78 is 15.8. The number of carbonyl (C=O) groups excluding carboxylic acids is 1. The highest BCUT2D eigenvalue weighted by Gasteiger charge is 2.13. The van der Waals surface area contributed by atoms with E-state index in [4.69, 9.17) is 13.9 Å². The highest BCUT2D eigenvalue weighted by Crippen LogP contribution is 2.24. The van der Waals surface area contributed by atoms with Crippen molar-refractivity contribution in [1.29, 1.82) is 0 Å². The lowest BCUT2D eigenvalue weighted by Crippen LogP contribution is -2.23. The summed E-state index contributed by atoms with van der Waals surface area (Å²) in [7, 11) is 3.06. The zero-order valence-electron chi connectivity index (χ0n) is 13.1. The van der Waals surface area contributed by atoms with Crippen molar-refractivity contribution in [3.63, 3.8) is 0 Å². The maximum Gasteiger partial charge on any atom is 0.257 e. The van der Waals surface area contributed by atoms with Crippen molar-refractivity contribution in [2.45, 2.75) is 6.54 Å². The van der Waals surface area contributed by atoms with E-state index in [2.05, 4.69) is 15.5 Å². The van der Waals surface area contributed by atoms with Gasteiger partial charge in [0.1, 0.15) is 11.5 Å². The lowest BCUT2D eigenvalue weighted by atomic mass is 10.2. The molecule has 0 saturated heterocycles. The largest absolute Gasteiger partial charge is 0.497 e. The smallest absolute Gasteiger partial charge is 0.257 e. The van der Waals surface area contributed by atoms with Crippen molar-refractivity contribution in [2.24, 2.45) is 0 Å². The van der Waals surface area contributed by atoms with E-state index in [1.165, 1.54) is 25.6 Å². The van der Waals surface area contributed by atoms with Gasteiger partial charge in [-0.1, -0.05) is 6.07 Å². The molecule has 3 aromatic rings. The number of carbonyl (C=O) groups is 1. The van der Waals surface area contributed by atoms with Crippen LogP contribution in [0.25, 0.3) is 10.8 Å². The molecule has 0 bridgehead atoms. The minimum atomic E-state index is -0.289. The van der Waals surface area contributed by atoms with Gasteiger partial charge >= 0.3 is 0 Å². The average Bonchev–Trinajstić information content (AvgIpc) is 3.30. The molecule has 0 unspecified atom stereocenters. The van der Waals surface area contributed by atoms with E-state index in [0.717, 1.165) is 4.88 Å².